The Morgan fingerprint density at radius 3 is 2.61 bits per heavy atom. The van der Waals surface area contributed by atoms with Crippen LogP contribution in [0.4, 0.5) is 18.9 Å². The van der Waals surface area contributed by atoms with Gasteiger partial charge >= 0.3 is 6.36 Å². The summed E-state index contributed by atoms with van der Waals surface area (Å²) < 4.78 is 40.9. The van der Waals surface area contributed by atoms with E-state index in [1.807, 2.05) is 19.1 Å². The standard InChI is InChI=1S/C24H22F3N3O3/c1-15-11-19(29-10-9-28-8-2-3-18(28)14-29)12-17-13-30(23(32)21(15)17)22(31)16-4-6-20(7-5-16)33-24(25,26)27/h2,4-8,11-12,18H,3,9-10,13-14H2,1H3. The molecule has 0 N–H and O–H groups in total. The van der Waals surface area contributed by atoms with Crippen molar-refractivity contribution in [1.82, 2.24) is 9.80 Å². The van der Waals surface area contributed by atoms with Crippen molar-refractivity contribution in [1.29, 1.82) is 0 Å². The lowest BCUT2D eigenvalue weighted by molar-refractivity contribution is -0.274. The number of hydrogen-bond acceptors (Lipinski definition) is 5. The molecule has 3 aliphatic heterocycles. The van der Waals surface area contributed by atoms with Crippen LogP contribution in [-0.2, 0) is 6.54 Å². The summed E-state index contributed by atoms with van der Waals surface area (Å²) in [7, 11) is 0. The molecule has 0 aliphatic carbocycles. The number of halogens is 3. The highest BCUT2D eigenvalue weighted by atomic mass is 19.4. The van der Waals surface area contributed by atoms with Gasteiger partial charge in [0.25, 0.3) is 11.8 Å². The summed E-state index contributed by atoms with van der Waals surface area (Å²) in [6, 6.07) is 9.01. The van der Waals surface area contributed by atoms with Gasteiger partial charge in [-0.2, -0.15) is 0 Å². The van der Waals surface area contributed by atoms with E-state index in [-0.39, 0.29) is 18.0 Å². The summed E-state index contributed by atoms with van der Waals surface area (Å²) in [6.45, 7) is 4.71. The lowest BCUT2D eigenvalue weighted by Crippen LogP contribution is -2.49. The molecule has 1 unspecified atom stereocenters. The van der Waals surface area contributed by atoms with Crippen LogP contribution in [0.1, 0.15) is 38.3 Å². The molecular weight excluding hydrogens is 435 g/mol. The minimum atomic E-state index is -4.81. The molecule has 2 aromatic rings. The van der Waals surface area contributed by atoms with E-state index in [1.165, 1.54) is 12.1 Å². The fourth-order valence-electron chi connectivity index (χ4n) is 4.81. The van der Waals surface area contributed by atoms with E-state index < -0.39 is 18.0 Å². The number of hydrogen-bond donors (Lipinski definition) is 0. The lowest BCUT2D eigenvalue weighted by Gasteiger charge is -2.39. The van der Waals surface area contributed by atoms with Crippen molar-refractivity contribution < 1.29 is 27.5 Å². The van der Waals surface area contributed by atoms with E-state index in [0.29, 0.717) is 11.6 Å². The molecule has 0 aromatic heterocycles. The fraction of sp³-hybridized carbons (Fsp3) is 0.333. The van der Waals surface area contributed by atoms with Gasteiger partial charge in [-0.05, 0) is 67.1 Å². The number of carbonyl (C=O) groups excluding carboxylic acids is 2. The van der Waals surface area contributed by atoms with Crippen LogP contribution in [0.25, 0.3) is 0 Å². The molecule has 1 atom stereocenters. The first-order chi connectivity index (χ1) is 15.7. The zero-order valence-corrected chi connectivity index (χ0v) is 17.9. The van der Waals surface area contributed by atoms with Gasteiger partial charge < -0.3 is 14.5 Å². The molecule has 3 aliphatic rings. The maximum atomic E-state index is 13.0. The largest absolute Gasteiger partial charge is 0.573 e. The zero-order valence-electron chi connectivity index (χ0n) is 17.9. The molecule has 6 nitrogen and oxygen atoms in total. The third-order valence-electron chi connectivity index (χ3n) is 6.37. The summed E-state index contributed by atoms with van der Waals surface area (Å²) in [5, 5.41) is 0. The van der Waals surface area contributed by atoms with Crippen molar-refractivity contribution >= 4 is 17.5 Å². The second kappa shape index (κ2) is 7.83. The minimum Gasteiger partial charge on any atom is -0.406 e. The van der Waals surface area contributed by atoms with E-state index in [0.717, 1.165) is 59.9 Å². The summed E-state index contributed by atoms with van der Waals surface area (Å²) in [5.74, 6) is -1.37. The molecule has 2 amide bonds. The molecule has 172 valence electrons. The quantitative estimate of drug-likeness (QED) is 0.650. The van der Waals surface area contributed by atoms with Crippen LogP contribution in [0, 0.1) is 6.92 Å². The topological polar surface area (TPSA) is 53.1 Å². The number of alkyl halides is 3. The number of carbonyl (C=O) groups is 2. The maximum absolute atomic E-state index is 13.0. The monoisotopic (exact) mass is 457 g/mol. The third-order valence-corrected chi connectivity index (χ3v) is 6.37. The summed E-state index contributed by atoms with van der Waals surface area (Å²) in [6.07, 6.45) is 0.550. The minimum absolute atomic E-state index is 0.119. The highest BCUT2D eigenvalue weighted by Gasteiger charge is 2.36. The maximum Gasteiger partial charge on any atom is 0.573 e. The molecule has 1 fully saturated rings. The number of amides is 2. The number of rotatable bonds is 3. The smallest absolute Gasteiger partial charge is 0.406 e. The number of fused-ring (bicyclic) bond motifs is 2. The van der Waals surface area contributed by atoms with Crippen LogP contribution in [0.5, 0.6) is 5.75 Å². The number of aryl methyl sites for hydroxylation is 1. The van der Waals surface area contributed by atoms with Gasteiger partial charge in [0, 0.05) is 42.5 Å². The van der Waals surface area contributed by atoms with Crippen LogP contribution < -0.4 is 9.64 Å². The van der Waals surface area contributed by atoms with Crippen LogP contribution in [0.15, 0.2) is 48.7 Å². The second-order valence-electron chi connectivity index (χ2n) is 8.52. The van der Waals surface area contributed by atoms with E-state index >= 15 is 0 Å². The van der Waals surface area contributed by atoms with Gasteiger partial charge in [0.05, 0.1) is 6.54 Å². The number of nitrogens with zero attached hydrogens (tertiary/aromatic N) is 3. The van der Waals surface area contributed by atoms with Gasteiger partial charge in [-0.3, -0.25) is 14.5 Å². The van der Waals surface area contributed by atoms with Crippen molar-refractivity contribution in [2.75, 3.05) is 24.5 Å². The Labute approximate surface area is 188 Å². The summed E-state index contributed by atoms with van der Waals surface area (Å²) >= 11 is 0. The first-order valence-corrected chi connectivity index (χ1v) is 10.7. The van der Waals surface area contributed by atoms with Crippen molar-refractivity contribution in [3.05, 3.63) is 70.9 Å². The van der Waals surface area contributed by atoms with Crippen molar-refractivity contribution in [3.63, 3.8) is 0 Å². The molecule has 3 heterocycles. The van der Waals surface area contributed by atoms with Gasteiger partial charge in [-0.25, -0.2) is 0 Å². The SMILES string of the molecule is Cc1cc(N2CCN3C=CCC3C2)cc2c1C(=O)N(C(=O)c1ccc(OC(F)(F)F)cc1)C2. The Hall–Kier alpha value is -3.49. The van der Waals surface area contributed by atoms with Crippen molar-refractivity contribution in [3.8, 4) is 5.75 Å². The van der Waals surface area contributed by atoms with Crippen LogP contribution in [0.3, 0.4) is 0 Å². The van der Waals surface area contributed by atoms with Crippen molar-refractivity contribution in [2.45, 2.75) is 32.3 Å². The lowest BCUT2D eigenvalue weighted by atomic mass is 10.0. The van der Waals surface area contributed by atoms with E-state index in [1.54, 1.807) is 0 Å². The van der Waals surface area contributed by atoms with Gasteiger partial charge in [-0.15, -0.1) is 13.2 Å². The average molecular weight is 457 g/mol. The van der Waals surface area contributed by atoms with Gasteiger partial charge in [0.1, 0.15) is 5.75 Å². The first kappa shape index (κ1) is 21.4. The molecule has 0 saturated carbocycles. The number of anilines is 1. The third kappa shape index (κ3) is 4.03. The zero-order chi connectivity index (χ0) is 23.3. The van der Waals surface area contributed by atoms with Crippen LogP contribution in [-0.4, -0.2) is 53.7 Å². The summed E-state index contributed by atoms with van der Waals surface area (Å²) in [4.78, 5) is 31.8. The predicted octanol–water partition coefficient (Wildman–Crippen LogP) is 4.10. The molecule has 0 bridgehead atoms. The molecule has 2 aromatic carbocycles. The average Bonchev–Trinajstić information content (AvgIpc) is 3.36. The van der Waals surface area contributed by atoms with Crippen molar-refractivity contribution in [2.24, 2.45) is 0 Å². The Kier molecular flexibility index (Phi) is 5.07. The Bertz CT molecular complexity index is 1140. The molecular formula is C24H22F3N3O3. The van der Waals surface area contributed by atoms with Gasteiger partial charge in [0.15, 0.2) is 0 Å². The molecule has 5 rings (SSSR count). The van der Waals surface area contributed by atoms with Crippen LogP contribution >= 0.6 is 0 Å². The summed E-state index contributed by atoms with van der Waals surface area (Å²) in [5.41, 5.74) is 3.27. The molecule has 0 radical (unpaired) electrons. The Balaban J connectivity index is 1.34. The fourth-order valence-corrected chi connectivity index (χ4v) is 4.81. The Morgan fingerprint density at radius 1 is 1.12 bits per heavy atom. The van der Waals surface area contributed by atoms with Crippen LogP contribution in [0.2, 0.25) is 0 Å². The number of ether oxygens (including phenoxy) is 1. The number of benzene rings is 2. The molecule has 1 saturated heterocycles. The normalized spacial score (nSPS) is 19.7. The first-order valence-electron chi connectivity index (χ1n) is 10.7. The highest BCUT2D eigenvalue weighted by Crippen LogP contribution is 2.33. The number of piperazine rings is 1. The highest BCUT2D eigenvalue weighted by molar-refractivity contribution is 6.13. The van der Waals surface area contributed by atoms with E-state index in [4.69, 9.17) is 0 Å². The molecule has 0 spiro atoms. The van der Waals surface area contributed by atoms with E-state index in [2.05, 4.69) is 26.8 Å². The molecule has 9 heteroatoms. The second-order valence-corrected chi connectivity index (χ2v) is 8.52. The Morgan fingerprint density at radius 2 is 1.88 bits per heavy atom. The van der Waals surface area contributed by atoms with E-state index in [9.17, 15) is 22.8 Å². The van der Waals surface area contributed by atoms with Gasteiger partial charge in [0.2, 0.25) is 0 Å². The van der Waals surface area contributed by atoms with Gasteiger partial charge in [-0.1, -0.05) is 6.08 Å². The predicted molar refractivity (Wildman–Crippen MR) is 115 cm³/mol. The molecule has 33 heavy (non-hydrogen) atoms. The number of imide groups is 1.